The summed E-state index contributed by atoms with van der Waals surface area (Å²) in [5.74, 6) is 0. The summed E-state index contributed by atoms with van der Waals surface area (Å²) in [7, 11) is 0. The number of benzene rings is 5. The van der Waals surface area contributed by atoms with E-state index >= 15 is 0 Å². The van der Waals surface area contributed by atoms with E-state index in [1.165, 1.54) is 49.0 Å². The monoisotopic (exact) mass is 318 g/mol. The van der Waals surface area contributed by atoms with Crippen LogP contribution in [0.1, 0.15) is 5.56 Å². The van der Waals surface area contributed by atoms with Crippen molar-refractivity contribution in [1.29, 1.82) is 0 Å². The fourth-order valence-electron chi connectivity index (χ4n) is 4.01. The van der Waals surface area contributed by atoms with Crippen LogP contribution in [-0.4, -0.2) is 0 Å². The molecule has 118 valence electrons. The van der Waals surface area contributed by atoms with Gasteiger partial charge in [-0.1, -0.05) is 96.6 Å². The molecule has 0 aliphatic carbocycles. The average molecular weight is 318 g/mol. The second-order valence-corrected chi connectivity index (χ2v) is 6.69. The molecule has 0 spiro atoms. The highest BCUT2D eigenvalue weighted by Gasteiger charge is 2.12. The Morgan fingerprint density at radius 2 is 1.00 bits per heavy atom. The molecule has 5 rings (SSSR count). The SMILES string of the molecule is Cc1cccc(-c2cccc3c4ccccc4c4ccccc4c23)c1. The van der Waals surface area contributed by atoms with Gasteiger partial charge in [-0.3, -0.25) is 0 Å². The lowest BCUT2D eigenvalue weighted by Gasteiger charge is -2.14. The number of aryl methyl sites for hydroxylation is 1. The van der Waals surface area contributed by atoms with E-state index in [1.807, 2.05) is 0 Å². The molecule has 5 aromatic carbocycles. The molecular weight excluding hydrogens is 300 g/mol. The maximum Gasteiger partial charge on any atom is -0.00204 e. The Labute approximate surface area is 147 Å². The first kappa shape index (κ1) is 14.2. The van der Waals surface area contributed by atoms with E-state index in [0.717, 1.165) is 0 Å². The first-order valence-corrected chi connectivity index (χ1v) is 8.72. The van der Waals surface area contributed by atoms with Crippen molar-refractivity contribution in [2.45, 2.75) is 6.92 Å². The van der Waals surface area contributed by atoms with E-state index in [-0.39, 0.29) is 0 Å². The molecule has 0 saturated heterocycles. The highest BCUT2D eigenvalue weighted by molar-refractivity contribution is 6.28. The largest absolute Gasteiger partial charge is 0.0616 e. The van der Waals surface area contributed by atoms with Gasteiger partial charge in [0.1, 0.15) is 0 Å². The Balaban J connectivity index is 2.06. The molecule has 0 fully saturated rings. The van der Waals surface area contributed by atoms with Gasteiger partial charge in [-0.15, -0.1) is 0 Å². The smallest absolute Gasteiger partial charge is 0.00204 e. The van der Waals surface area contributed by atoms with E-state index in [9.17, 15) is 0 Å². The van der Waals surface area contributed by atoms with Gasteiger partial charge < -0.3 is 0 Å². The van der Waals surface area contributed by atoms with E-state index in [1.54, 1.807) is 0 Å². The van der Waals surface area contributed by atoms with E-state index in [4.69, 9.17) is 0 Å². The molecule has 0 unspecified atom stereocenters. The van der Waals surface area contributed by atoms with Crippen LogP contribution in [0.5, 0.6) is 0 Å². The summed E-state index contributed by atoms with van der Waals surface area (Å²) in [6.07, 6.45) is 0. The maximum absolute atomic E-state index is 2.28. The molecule has 0 aliphatic rings. The number of rotatable bonds is 1. The van der Waals surface area contributed by atoms with Gasteiger partial charge in [0.15, 0.2) is 0 Å². The minimum atomic E-state index is 1.28. The van der Waals surface area contributed by atoms with Gasteiger partial charge in [0, 0.05) is 0 Å². The molecule has 0 aromatic heterocycles. The minimum absolute atomic E-state index is 1.28. The summed E-state index contributed by atoms with van der Waals surface area (Å²) in [6, 6.07) is 33.0. The van der Waals surface area contributed by atoms with Crippen molar-refractivity contribution < 1.29 is 0 Å². The molecule has 0 heteroatoms. The van der Waals surface area contributed by atoms with Crippen LogP contribution in [-0.2, 0) is 0 Å². The topological polar surface area (TPSA) is 0 Å². The second-order valence-electron chi connectivity index (χ2n) is 6.69. The Hall–Kier alpha value is -3.12. The van der Waals surface area contributed by atoms with Crippen LogP contribution in [0.3, 0.4) is 0 Å². The summed E-state index contributed by atoms with van der Waals surface area (Å²) in [5.41, 5.74) is 3.88. The fourth-order valence-corrected chi connectivity index (χ4v) is 4.01. The predicted molar refractivity (Wildman–Crippen MR) is 109 cm³/mol. The van der Waals surface area contributed by atoms with Crippen LogP contribution < -0.4 is 0 Å². The summed E-state index contributed by atoms with van der Waals surface area (Å²) >= 11 is 0. The molecule has 0 nitrogen and oxygen atoms in total. The van der Waals surface area contributed by atoms with Crippen molar-refractivity contribution in [3.05, 3.63) is 96.6 Å². The molecule has 0 atom stereocenters. The number of fused-ring (bicyclic) bond motifs is 6. The Morgan fingerprint density at radius 1 is 0.480 bits per heavy atom. The van der Waals surface area contributed by atoms with Crippen molar-refractivity contribution in [2.75, 3.05) is 0 Å². The average Bonchev–Trinajstić information content (AvgIpc) is 2.68. The van der Waals surface area contributed by atoms with Crippen LogP contribution >= 0.6 is 0 Å². The molecule has 0 amide bonds. The molecule has 0 bridgehead atoms. The molecule has 0 heterocycles. The van der Waals surface area contributed by atoms with E-state index < -0.39 is 0 Å². The summed E-state index contributed by atoms with van der Waals surface area (Å²) in [6.45, 7) is 2.15. The predicted octanol–water partition coefficient (Wildman–Crippen LogP) is 7.12. The van der Waals surface area contributed by atoms with Gasteiger partial charge in [0.05, 0.1) is 0 Å². The third-order valence-corrected chi connectivity index (χ3v) is 5.10. The normalized spacial score (nSPS) is 11.4. The third kappa shape index (κ3) is 2.15. The van der Waals surface area contributed by atoms with Crippen LogP contribution in [0, 0.1) is 6.92 Å². The van der Waals surface area contributed by atoms with Crippen molar-refractivity contribution in [3.8, 4) is 11.1 Å². The number of hydrogen-bond acceptors (Lipinski definition) is 0. The van der Waals surface area contributed by atoms with Gasteiger partial charge in [-0.25, -0.2) is 0 Å². The van der Waals surface area contributed by atoms with Crippen LogP contribution in [0.15, 0.2) is 91.0 Å². The van der Waals surface area contributed by atoms with E-state index in [0.29, 0.717) is 0 Å². The highest BCUT2D eigenvalue weighted by Crippen LogP contribution is 2.39. The Kier molecular flexibility index (Phi) is 3.11. The summed E-state index contributed by atoms with van der Waals surface area (Å²) < 4.78 is 0. The van der Waals surface area contributed by atoms with Crippen LogP contribution in [0.2, 0.25) is 0 Å². The molecule has 0 radical (unpaired) electrons. The summed E-state index contributed by atoms with van der Waals surface area (Å²) in [5, 5.41) is 7.98. The lowest BCUT2D eigenvalue weighted by atomic mass is 9.89. The van der Waals surface area contributed by atoms with Gasteiger partial charge in [0.25, 0.3) is 0 Å². The maximum atomic E-state index is 2.28. The lowest BCUT2D eigenvalue weighted by molar-refractivity contribution is 1.47. The van der Waals surface area contributed by atoms with Gasteiger partial charge in [-0.2, -0.15) is 0 Å². The number of hydrogen-bond donors (Lipinski definition) is 0. The zero-order chi connectivity index (χ0) is 16.8. The van der Waals surface area contributed by atoms with Crippen LogP contribution in [0.25, 0.3) is 43.4 Å². The highest BCUT2D eigenvalue weighted by atomic mass is 14.1. The van der Waals surface area contributed by atoms with Gasteiger partial charge >= 0.3 is 0 Å². The van der Waals surface area contributed by atoms with Crippen molar-refractivity contribution in [2.24, 2.45) is 0 Å². The summed E-state index contributed by atoms with van der Waals surface area (Å²) in [4.78, 5) is 0. The van der Waals surface area contributed by atoms with E-state index in [2.05, 4.69) is 97.9 Å². The zero-order valence-corrected chi connectivity index (χ0v) is 14.2. The molecule has 0 N–H and O–H groups in total. The third-order valence-electron chi connectivity index (χ3n) is 5.10. The fraction of sp³-hybridized carbons (Fsp3) is 0.0400. The van der Waals surface area contributed by atoms with Crippen molar-refractivity contribution in [1.82, 2.24) is 0 Å². The molecule has 25 heavy (non-hydrogen) atoms. The molecular formula is C25H18. The Morgan fingerprint density at radius 3 is 1.64 bits per heavy atom. The van der Waals surface area contributed by atoms with Crippen LogP contribution in [0.4, 0.5) is 0 Å². The molecule has 0 aliphatic heterocycles. The quantitative estimate of drug-likeness (QED) is 0.289. The standard InChI is InChI=1S/C25H18/c1-17-8-6-9-18(16-17)19-14-7-15-24-22-11-3-2-10-20(22)21-12-4-5-13-23(21)25(19)24/h2-16H,1H3. The first-order chi connectivity index (χ1) is 12.3. The lowest BCUT2D eigenvalue weighted by Crippen LogP contribution is -1.87. The first-order valence-electron chi connectivity index (χ1n) is 8.72. The molecule has 5 aromatic rings. The minimum Gasteiger partial charge on any atom is -0.0616 e. The Bertz CT molecular complexity index is 1200. The van der Waals surface area contributed by atoms with Crippen molar-refractivity contribution in [3.63, 3.8) is 0 Å². The molecule has 0 saturated carbocycles. The van der Waals surface area contributed by atoms with Crippen molar-refractivity contribution >= 4 is 32.3 Å². The van der Waals surface area contributed by atoms with Gasteiger partial charge in [0.2, 0.25) is 0 Å². The zero-order valence-electron chi connectivity index (χ0n) is 14.2. The second kappa shape index (κ2) is 5.46. The van der Waals surface area contributed by atoms with Gasteiger partial charge in [-0.05, 0) is 50.4 Å².